The molecule has 0 aliphatic carbocycles. The summed E-state index contributed by atoms with van der Waals surface area (Å²) in [5, 5.41) is 11.6. The Morgan fingerprint density at radius 3 is 1.72 bits per heavy atom. The van der Waals surface area contributed by atoms with Gasteiger partial charge in [0, 0.05) is 19.3 Å². The third-order valence-corrected chi connectivity index (χ3v) is 6.22. The van der Waals surface area contributed by atoms with Crippen LogP contribution >= 0.6 is 0 Å². The smallest absolute Gasteiger partial charge is 0.329 e. The van der Waals surface area contributed by atoms with Gasteiger partial charge in [-0.3, -0.25) is 9.59 Å². The van der Waals surface area contributed by atoms with Crippen molar-refractivity contribution in [1.82, 2.24) is 5.32 Å². The second-order valence-electron chi connectivity index (χ2n) is 12.6. The van der Waals surface area contributed by atoms with E-state index in [2.05, 4.69) is 26.1 Å². The SMILES string of the molecule is CC(C)(C)OC(=O)C(CCC(=O)O)NC(=O)CCCCCC[C@H](CCCCCCCCCC=O)OC(C)(C)C. The summed E-state index contributed by atoms with van der Waals surface area (Å²) in [4.78, 5) is 46.2. The summed E-state index contributed by atoms with van der Waals surface area (Å²) in [7, 11) is 0. The predicted molar refractivity (Wildman–Crippen MR) is 155 cm³/mol. The Balaban J connectivity index is 4.32. The van der Waals surface area contributed by atoms with Gasteiger partial charge in [-0.25, -0.2) is 4.79 Å². The lowest BCUT2D eigenvalue weighted by atomic mass is 10.0. The fourth-order valence-corrected chi connectivity index (χ4v) is 4.41. The van der Waals surface area contributed by atoms with Crippen molar-refractivity contribution in [3.63, 3.8) is 0 Å². The van der Waals surface area contributed by atoms with E-state index in [4.69, 9.17) is 14.6 Å². The maximum atomic E-state index is 12.4. The molecule has 0 aromatic heterocycles. The number of carbonyl (C=O) groups excluding carboxylic acids is 3. The van der Waals surface area contributed by atoms with Gasteiger partial charge in [0.15, 0.2) is 0 Å². The van der Waals surface area contributed by atoms with Gasteiger partial charge < -0.3 is 24.7 Å². The molecular formula is C31H57NO7. The van der Waals surface area contributed by atoms with Crippen LogP contribution in [0.5, 0.6) is 0 Å². The van der Waals surface area contributed by atoms with E-state index < -0.39 is 23.6 Å². The van der Waals surface area contributed by atoms with Gasteiger partial charge in [0.2, 0.25) is 5.91 Å². The zero-order chi connectivity index (χ0) is 29.7. The largest absolute Gasteiger partial charge is 0.481 e. The summed E-state index contributed by atoms with van der Waals surface area (Å²) in [5.41, 5.74) is -0.886. The van der Waals surface area contributed by atoms with Crippen LogP contribution < -0.4 is 5.32 Å². The first-order valence-corrected chi connectivity index (χ1v) is 15.1. The molecule has 0 aromatic carbocycles. The van der Waals surface area contributed by atoms with E-state index >= 15 is 0 Å². The highest BCUT2D eigenvalue weighted by Gasteiger charge is 2.27. The van der Waals surface area contributed by atoms with E-state index in [-0.39, 0.29) is 30.5 Å². The fraction of sp³-hybridized carbons (Fsp3) is 0.871. The van der Waals surface area contributed by atoms with Crippen molar-refractivity contribution >= 4 is 24.1 Å². The molecule has 0 saturated heterocycles. The van der Waals surface area contributed by atoms with Gasteiger partial charge in [-0.2, -0.15) is 0 Å². The molecule has 0 fully saturated rings. The molecule has 1 unspecified atom stereocenters. The van der Waals surface area contributed by atoms with Crippen LogP contribution in [-0.2, 0) is 28.7 Å². The Labute approximate surface area is 237 Å². The Bertz CT molecular complexity index is 694. The van der Waals surface area contributed by atoms with Crippen molar-refractivity contribution in [2.24, 2.45) is 0 Å². The summed E-state index contributed by atoms with van der Waals surface area (Å²) in [6, 6.07) is -0.953. The third kappa shape index (κ3) is 24.8. The lowest BCUT2D eigenvalue weighted by molar-refractivity contribution is -0.159. The number of aliphatic carboxylic acids is 1. The van der Waals surface area contributed by atoms with Crippen molar-refractivity contribution in [3.05, 3.63) is 0 Å². The molecule has 8 nitrogen and oxygen atoms in total. The molecule has 0 aliphatic rings. The van der Waals surface area contributed by atoms with Crippen molar-refractivity contribution < 1.29 is 33.8 Å². The minimum absolute atomic E-state index is 0.00650. The summed E-state index contributed by atoms with van der Waals surface area (Å²) >= 11 is 0. The Kier molecular flexibility index (Phi) is 19.8. The molecule has 8 heteroatoms. The molecule has 2 N–H and O–H groups in total. The number of nitrogens with one attached hydrogen (secondary N) is 1. The molecular weight excluding hydrogens is 498 g/mol. The molecule has 0 radical (unpaired) electrons. The first kappa shape index (κ1) is 37.0. The van der Waals surface area contributed by atoms with Crippen LogP contribution in [-0.4, -0.2) is 52.6 Å². The van der Waals surface area contributed by atoms with Gasteiger partial charge in [0.05, 0.1) is 11.7 Å². The minimum atomic E-state index is -1.02. The molecule has 2 atom stereocenters. The second-order valence-corrected chi connectivity index (χ2v) is 12.6. The van der Waals surface area contributed by atoms with Gasteiger partial charge in [-0.15, -0.1) is 0 Å². The van der Waals surface area contributed by atoms with Crippen molar-refractivity contribution in [2.75, 3.05) is 0 Å². The van der Waals surface area contributed by atoms with Crippen molar-refractivity contribution in [1.29, 1.82) is 0 Å². The van der Waals surface area contributed by atoms with Crippen LogP contribution in [0.15, 0.2) is 0 Å². The Morgan fingerprint density at radius 1 is 0.718 bits per heavy atom. The quantitative estimate of drug-likeness (QED) is 0.0798. The number of carboxylic acid groups (broad SMARTS) is 1. The number of esters is 1. The molecule has 0 aromatic rings. The van der Waals surface area contributed by atoms with E-state index in [0.717, 1.165) is 57.7 Å². The topological polar surface area (TPSA) is 119 Å². The molecule has 228 valence electrons. The molecule has 39 heavy (non-hydrogen) atoms. The number of hydrogen-bond donors (Lipinski definition) is 2. The van der Waals surface area contributed by atoms with Crippen molar-refractivity contribution in [3.8, 4) is 0 Å². The lowest BCUT2D eigenvalue weighted by Crippen LogP contribution is -2.44. The number of aldehydes is 1. The zero-order valence-corrected chi connectivity index (χ0v) is 25.6. The molecule has 1 amide bonds. The van der Waals surface area contributed by atoms with Crippen LogP contribution in [0.3, 0.4) is 0 Å². The van der Waals surface area contributed by atoms with Crippen molar-refractivity contribution in [2.45, 2.75) is 174 Å². The number of hydrogen-bond acceptors (Lipinski definition) is 6. The molecule has 0 spiro atoms. The Hall–Kier alpha value is -1.96. The van der Waals surface area contributed by atoms with Gasteiger partial charge in [0.25, 0.3) is 0 Å². The van der Waals surface area contributed by atoms with E-state index in [1.54, 1.807) is 20.8 Å². The first-order valence-electron chi connectivity index (χ1n) is 15.1. The van der Waals surface area contributed by atoms with E-state index in [1.165, 1.54) is 25.7 Å². The number of carbonyl (C=O) groups is 4. The summed E-state index contributed by atoms with van der Waals surface area (Å²) in [6.45, 7) is 11.5. The van der Waals surface area contributed by atoms with E-state index in [1.807, 2.05) is 0 Å². The zero-order valence-electron chi connectivity index (χ0n) is 25.6. The number of amides is 1. The van der Waals surface area contributed by atoms with Gasteiger partial charge >= 0.3 is 11.9 Å². The van der Waals surface area contributed by atoms with Gasteiger partial charge in [-0.05, 0) is 73.6 Å². The minimum Gasteiger partial charge on any atom is -0.481 e. The molecule has 0 heterocycles. The average Bonchev–Trinajstić information content (AvgIpc) is 2.80. The standard InChI is InChI=1S/C31H57NO7/c1-30(2,3)38-25(19-15-11-9-7-8-10-14-18-24-33)20-16-12-13-17-21-27(34)32-26(22-23-28(35)36)29(37)39-31(4,5)6/h24-26H,7-23H2,1-6H3,(H,32,34)(H,35,36)/t25-,26?/m0/s1. The van der Waals surface area contributed by atoms with Crippen LogP contribution in [0.25, 0.3) is 0 Å². The number of carboxylic acids is 1. The molecule has 0 rings (SSSR count). The molecule has 0 saturated carbocycles. The van der Waals surface area contributed by atoms with Crippen LogP contribution in [0.2, 0.25) is 0 Å². The highest BCUT2D eigenvalue weighted by molar-refractivity contribution is 5.85. The molecule has 0 aliphatic heterocycles. The highest BCUT2D eigenvalue weighted by atomic mass is 16.6. The third-order valence-electron chi connectivity index (χ3n) is 6.22. The summed E-state index contributed by atoms with van der Waals surface area (Å²) in [6.07, 6.45) is 15.9. The summed E-state index contributed by atoms with van der Waals surface area (Å²) < 4.78 is 11.7. The number of ether oxygens (including phenoxy) is 2. The second kappa shape index (κ2) is 20.9. The van der Waals surface area contributed by atoms with Crippen LogP contribution in [0.4, 0.5) is 0 Å². The lowest BCUT2D eigenvalue weighted by Gasteiger charge is -2.28. The first-order chi connectivity index (χ1) is 18.2. The predicted octanol–water partition coefficient (Wildman–Crippen LogP) is 6.91. The number of unbranched alkanes of at least 4 members (excludes halogenated alkanes) is 10. The number of rotatable bonds is 23. The Morgan fingerprint density at radius 2 is 1.23 bits per heavy atom. The average molecular weight is 556 g/mol. The monoisotopic (exact) mass is 555 g/mol. The van der Waals surface area contributed by atoms with E-state index in [9.17, 15) is 19.2 Å². The van der Waals surface area contributed by atoms with Crippen LogP contribution in [0.1, 0.15) is 151 Å². The summed E-state index contributed by atoms with van der Waals surface area (Å²) in [5.74, 6) is -1.88. The van der Waals surface area contributed by atoms with Crippen LogP contribution in [0, 0.1) is 0 Å². The fourth-order valence-electron chi connectivity index (χ4n) is 4.41. The maximum Gasteiger partial charge on any atom is 0.329 e. The normalized spacial score (nSPS) is 13.5. The highest BCUT2D eigenvalue weighted by Crippen LogP contribution is 2.21. The van der Waals surface area contributed by atoms with E-state index in [0.29, 0.717) is 19.3 Å². The van der Waals surface area contributed by atoms with Gasteiger partial charge in [0.1, 0.15) is 17.9 Å². The van der Waals surface area contributed by atoms with Gasteiger partial charge in [-0.1, -0.05) is 57.8 Å². The molecule has 0 bridgehead atoms. The maximum absolute atomic E-state index is 12.4.